The van der Waals surface area contributed by atoms with Crippen LogP contribution in [0.2, 0.25) is 0 Å². The number of nitriles is 1. The number of carbonyl (C=O) groups excluding carboxylic acids is 1. The van der Waals surface area contributed by atoms with Gasteiger partial charge in [-0.1, -0.05) is 6.07 Å². The van der Waals surface area contributed by atoms with E-state index in [1.54, 1.807) is 41.2 Å². The van der Waals surface area contributed by atoms with E-state index in [0.717, 1.165) is 25.1 Å². The fourth-order valence-corrected chi connectivity index (χ4v) is 2.88. The van der Waals surface area contributed by atoms with Gasteiger partial charge < -0.3 is 10.1 Å². The molecule has 3 heterocycles. The van der Waals surface area contributed by atoms with Crippen LogP contribution in [0.5, 0.6) is 0 Å². The fraction of sp³-hybridized carbons (Fsp3) is 0.222. The second-order valence-electron chi connectivity index (χ2n) is 5.97. The number of H-pyrrole nitrogens is 1. The van der Waals surface area contributed by atoms with Crippen LogP contribution in [0, 0.1) is 11.3 Å². The summed E-state index contributed by atoms with van der Waals surface area (Å²) in [5, 5.41) is 23.0. The summed E-state index contributed by atoms with van der Waals surface area (Å²) >= 11 is 0. The Morgan fingerprint density at radius 3 is 3.12 bits per heavy atom. The molecule has 2 N–H and O–H groups in total. The minimum Gasteiger partial charge on any atom is -0.372 e. The van der Waals surface area contributed by atoms with E-state index in [4.69, 9.17) is 10.00 Å². The van der Waals surface area contributed by atoms with Crippen LogP contribution >= 0.6 is 0 Å². The summed E-state index contributed by atoms with van der Waals surface area (Å²) in [7, 11) is 0. The lowest BCUT2D eigenvalue weighted by Gasteiger charge is -2.04. The van der Waals surface area contributed by atoms with Gasteiger partial charge in [-0.05, 0) is 37.1 Å². The molecule has 1 aromatic carbocycles. The lowest BCUT2D eigenvalue weighted by atomic mass is 10.2. The van der Waals surface area contributed by atoms with Crippen molar-refractivity contribution < 1.29 is 9.53 Å². The molecule has 1 aliphatic heterocycles. The van der Waals surface area contributed by atoms with Crippen LogP contribution in [0.3, 0.4) is 0 Å². The molecular weight excluding hydrogens is 332 g/mol. The maximum atomic E-state index is 12.4. The minimum atomic E-state index is -0.356. The number of amides is 1. The number of hydrogen-bond donors (Lipinski definition) is 2. The van der Waals surface area contributed by atoms with Crippen molar-refractivity contribution in [2.24, 2.45) is 0 Å². The van der Waals surface area contributed by atoms with E-state index in [9.17, 15) is 4.79 Å². The predicted octanol–water partition coefficient (Wildman–Crippen LogP) is 2.57. The smallest absolute Gasteiger partial charge is 0.277 e. The molecule has 0 saturated carbocycles. The molecule has 1 atom stereocenters. The Morgan fingerprint density at radius 2 is 2.31 bits per heavy atom. The lowest BCUT2D eigenvalue weighted by molar-refractivity contribution is 0.102. The molecule has 130 valence electrons. The number of anilines is 1. The molecule has 0 bridgehead atoms. The van der Waals surface area contributed by atoms with Gasteiger partial charge in [-0.3, -0.25) is 9.89 Å². The third kappa shape index (κ3) is 3.20. The molecule has 4 rings (SSSR count). The molecule has 8 heteroatoms. The summed E-state index contributed by atoms with van der Waals surface area (Å²) in [6.07, 6.45) is 3.66. The maximum absolute atomic E-state index is 12.4. The molecule has 0 radical (unpaired) electrons. The second kappa shape index (κ2) is 6.82. The first-order valence-electron chi connectivity index (χ1n) is 8.27. The molecule has 2 aromatic heterocycles. The quantitative estimate of drug-likeness (QED) is 0.753. The first-order chi connectivity index (χ1) is 12.7. The molecule has 1 unspecified atom stereocenters. The Bertz CT molecular complexity index is 977. The van der Waals surface area contributed by atoms with E-state index in [-0.39, 0.29) is 17.7 Å². The number of rotatable bonds is 4. The van der Waals surface area contributed by atoms with E-state index in [2.05, 4.69) is 26.7 Å². The van der Waals surface area contributed by atoms with Gasteiger partial charge in [0.05, 0.1) is 29.1 Å². The van der Waals surface area contributed by atoms with Gasteiger partial charge in [0, 0.05) is 18.9 Å². The van der Waals surface area contributed by atoms with E-state index in [1.165, 1.54) is 0 Å². The SMILES string of the molecule is N#Cc1cccc(-n2ccc(C(=O)Nc3cc(C4CCCO4)[nH]n3)n2)c1. The summed E-state index contributed by atoms with van der Waals surface area (Å²) in [5.41, 5.74) is 2.36. The summed E-state index contributed by atoms with van der Waals surface area (Å²) in [4.78, 5) is 12.4. The van der Waals surface area contributed by atoms with E-state index in [1.807, 2.05) is 6.07 Å². The summed E-state index contributed by atoms with van der Waals surface area (Å²) < 4.78 is 7.14. The molecule has 1 amide bonds. The summed E-state index contributed by atoms with van der Waals surface area (Å²) in [6.45, 7) is 0.746. The highest BCUT2D eigenvalue weighted by molar-refractivity contribution is 6.02. The monoisotopic (exact) mass is 348 g/mol. The fourth-order valence-electron chi connectivity index (χ4n) is 2.88. The molecular formula is C18H16N6O2. The van der Waals surface area contributed by atoms with Crippen molar-refractivity contribution in [3.8, 4) is 11.8 Å². The van der Waals surface area contributed by atoms with Gasteiger partial charge in [0.15, 0.2) is 11.5 Å². The van der Waals surface area contributed by atoms with Crippen LogP contribution in [0.15, 0.2) is 42.6 Å². The third-order valence-electron chi connectivity index (χ3n) is 4.18. The standard InChI is InChI=1S/C18H16N6O2/c19-11-12-3-1-4-13(9-12)24-7-6-14(23-24)18(25)20-17-10-15(21-22-17)16-5-2-8-26-16/h1,3-4,6-7,9-10,16H,2,5,8H2,(H2,20,21,22,25). The Kier molecular flexibility index (Phi) is 4.21. The molecule has 0 spiro atoms. The van der Waals surface area contributed by atoms with Gasteiger partial charge >= 0.3 is 0 Å². The zero-order valence-electron chi connectivity index (χ0n) is 13.8. The molecule has 3 aromatic rings. The van der Waals surface area contributed by atoms with Crippen molar-refractivity contribution in [2.75, 3.05) is 11.9 Å². The number of carbonyl (C=O) groups is 1. The van der Waals surface area contributed by atoms with Gasteiger partial charge in [-0.25, -0.2) is 4.68 Å². The van der Waals surface area contributed by atoms with E-state index >= 15 is 0 Å². The third-order valence-corrected chi connectivity index (χ3v) is 4.18. The molecule has 1 saturated heterocycles. The number of hydrogen-bond acceptors (Lipinski definition) is 5. The normalized spacial score (nSPS) is 16.3. The van der Waals surface area contributed by atoms with Crippen molar-refractivity contribution in [1.82, 2.24) is 20.0 Å². The van der Waals surface area contributed by atoms with E-state index < -0.39 is 0 Å². The van der Waals surface area contributed by atoms with E-state index in [0.29, 0.717) is 17.1 Å². The van der Waals surface area contributed by atoms with Gasteiger partial charge in [-0.2, -0.15) is 15.5 Å². The van der Waals surface area contributed by atoms with Crippen molar-refractivity contribution in [3.05, 3.63) is 59.5 Å². The molecule has 8 nitrogen and oxygen atoms in total. The zero-order valence-corrected chi connectivity index (χ0v) is 13.8. The highest BCUT2D eigenvalue weighted by Gasteiger charge is 2.20. The minimum absolute atomic E-state index is 0.0137. The van der Waals surface area contributed by atoms with Gasteiger partial charge in [0.2, 0.25) is 0 Å². The van der Waals surface area contributed by atoms with Gasteiger partial charge in [0.1, 0.15) is 0 Å². The molecule has 1 aliphatic rings. The lowest BCUT2D eigenvalue weighted by Crippen LogP contribution is -2.13. The average molecular weight is 348 g/mol. The van der Waals surface area contributed by atoms with Crippen molar-refractivity contribution in [3.63, 3.8) is 0 Å². The first kappa shape index (κ1) is 16.1. The largest absolute Gasteiger partial charge is 0.372 e. The highest BCUT2D eigenvalue weighted by Crippen LogP contribution is 2.28. The summed E-state index contributed by atoms with van der Waals surface area (Å²) in [6, 6.07) is 12.5. The number of nitrogens with one attached hydrogen (secondary N) is 2. The van der Waals surface area contributed by atoms with Crippen molar-refractivity contribution in [2.45, 2.75) is 18.9 Å². The number of benzene rings is 1. The van der Waals surface area contributed by atoms with Crippen LogP contribution in [0.4, 0.5) is 5.82 Å². The molecule has 1 fully saturated rings. The Labute approximate surface area is 149 Å². The number of aromatic nitrogens is 4. The first-order valence-corrected chi connectivity index (χ1v) is 8.27. The van der Waals surface area contributed by atoms with Crippen molar-refractivity contribution in [1.29, 1.82) is 5.26 Å². The number of ether oxygens (including phenoxy) is 1. The number of aromatic amines is 1. The van der Waals surface area contributed by atoms with Crippen molar-refractivity contribution >= 4 is 11.7 Å². The van der Waals surface area contributed by atoms with Gasteiger partial charge in [0.25, 0.3) is 5.91 Å². The van der Waals surface area contributed by atoms with Crippen LogP contribution in [0.1, 0.15) is 40.7 Å². The van der Waals surface area contributed by atoms with Crippen LogP contribution in [-0.2, 0) is 4.74 Å². The maximum Gasteiger partial charge on any atom is 0.277 e. The van der Waals surface area contributed by atoms with Crippen LogP contribution in [0.25, 0.3) is 5.69 Å². The number of nitrogens with zero attached hydrogens (tertiary/aromatic N) is 4. The highest BCUT2D eigenvalue weighted by atomic mass is 16.5. The predicted molar refractivity (Wildman–Crippen MR) is 92.7 cm³/mol. The van der Waals surface area contributed by atoms with Crippen LogP contribution < -0.4 is 5.32 Å². The average Bonchev–Trinajstić information content (AvgIpc) is 3.41. The Balaban J connectivity index is 1.47. The molecule has 0 aliphatic carbocycles. The summed E-state index contributed by atoms with van der Waals surface area (Å²) in [5.74, 6) is 0.0760. The topological polar surface area (TPSA) is 109 Å². The second-order valence-corrected chi connectivity index (χ2v) is 5.97. The Morgan fingerprint density at radius 1 is 1.38 bits per heavy atom. The van der Waals surface area contributed by atoms with Gasteiger partial charge in [-0.15, -0.1) is 0 Å². The van der Waals surface area contributed by atoms with Crippen LogP contribution in [-0.4, -0.2) is 32.5 Å². The Hall–Kier alpha value is -3.44. The molecule has 26 heavy (non-hydrogen) atoms. The zero-order chi connectivity index (χ0) is 17.9.